The van der Waals surface area contributed by atoms with Gasteiger partial charge in [-0.2, -0.15) is 26.3 Å². The van der Waals surface area contributed by atoms with Gasteiger partial charge in [-0.25, -0.2) is 9.18 Å². The van der Waals surface area contributed by atoms with Crippen molar-refractivity contribution in [2.75, 3.05) is 10.6 Å². The Labute approximate surface area is 190 Å². The van der Waals surface area contributed by atoms with Crippen LogP contribution in [0.3, 0.4) is 0 Å². The van der Waals surface area contributed by atoms with Gasteiger partial charge in [-0.15, -0.1) is 0 Å². The number of amides is 2. The van der Waals surface area contributed by atoms with Gasteiger partial charge in [0.15, 0.2) is 0 Å². The number of carbonyl (C=O) groups is 2. The molecule has 0 atom stereocenters. The van der Waals surface area contributed by atoms with Gasteiger partial charge in [-0.1, -0.05) is 18.2 Å². The molecule has 12 heteroatoms. The third-order valence-corrected chi connectivity index (χ3v) is 4.65. The number of anilines is 2. The van der Waals surface area contributed by atoms with E-state index in [4.69, 9.17) is 4.74 Å². The Morgan fingerprint density at radius 2 is 1.29 bits per heavy atom. The van der Waals surface area contributed by atoms with Crippen molar-refractivity contribution in [2.45, 2.75) is 51.8 Å². The maximum absolute atomic E-state index is 14.4. The predicted octanol–water partition coefficient (Wildman–Crippen LogP) is 6.80. The summed E-state index contributed by atoms with van der Waals surface area (Å²) in [5.41, 5.74) is -7.67. The Kier molecular flexibility index (Phi) is 7.54. The third kappa shape index (κ3) is 5.60. The van der Waals surface area contributed by atoms with Crippen LogP contribution in [0.2, 0.25) is 0 Å². The van der Waals surface area contributed by atoms with E-state index in [-0.39, 0.29) is 34.2 Å². The SMILES string of the molecule is Cc1cc(C(F)(C(F)(F)F)C(F)(F)F)cc(C)c1C(=O)Nc1cccc(NC(=O)OC(C)C)c1. The van der Waals surface area contributed by atoms with Gasteiger partial charge in [-0.3, -0.25) is 10.1 Å². The first-order valence-electron chi connectivity index (χ1n) is 9.80. The molecule has 2 rings (SSSR count). The highest BCUT2D eigenvalue weighted by Gasteiger charge is 2.73. The second-order valence-electron chi connectivity index (χ2n) is 7.75. The maximum Gasteiger partial charge on any atom is 0.435 e. The van der Waals surface area contributed by atoms with Gasteiger partial charge in [0.05, 0.1) is 6.10 Å². The van der Waals surface area contributed by atoms with Crippen LogP contribution in [0.1, 0.15) is 40.9 Å². The molecule has 2 N–H and O–H groups in total. The number of halogens is 7. The summed E-state index contributed by atoms with van der Waals surface area (Å²) in [5.74, 6) is -0.855. The highest BCUT2D eigenvalue weighted by atomic mass is 19.4. The number of nitrogens with one attached hydrogen (secondary N) is 2. The summed E-state index contributed by atoms with van der Waals surface area (Å²) >= 11 is 0. The minimum absolute atomic E-state index is 0.167. The molecule has 0 heterocycles. The molecule has 2 aromatic carbocycles. The highest BCUT2D eigenvalue weighted by molar-refractivity contribution is 6.06. The van der Waals surface area contributed by atoms with E-state index in [1.54, 1.807) is 13.8 Å². The summed E-state index contributed by atoms with van der Waals surface area (Å²) in [6.45, 7) is 5.47. The molecule has 34 heavy (non-hydrogen) atoms. The second kappa shape index (κ2) is 9.51. The van der Waals surface area contributed by atoms with Crippen LogP contribution in [0.15, 0.2) is 36.4 Å². The van der Waals surface area contributed by atoms with Crippen molar-refractivity contribution in [3.63, 3.8) is 0 Å². The lowest BCUT2D eigenvalue weighted by atomic mass is 9.88. The molecule has 0 aliphatic heterocycles. The zero-order valence-corrected chi connectivity index (χ0v) is 18.4. The summed E-state index contributed by atoms with van der Waals surface area (Å²) in [5, 5.41) is 4.88. The second-order valence-corrected chi connectivity index (χ2v) is 7.75. The molecule has 0 radical (unpaired) electrons. The average molecular weight is 494 g/mol. The first kappa shape index (κ1) is 26.9. The van der Waals surface area contributed by atoms with E-state index in [0.29, 0.717) is 12.1 Å². The molecular formula is C22H21F7N2O3. The van der Waals surface area contributed by atoms with Crippen LogP contribution in [0, 0.1) is 13.8 Å². The van der Waals surface area contributed by atoms with Gasteiger partial charge in [0, 0.05) is 22.5 Å². The number of hydrogen-bond acceptors (Lipinski definition) is 3. The van der Waals surface area contributed by atoms with Crippen molar-refractivity contribution in [1.82, 2.24) is 0 Å². The summed E-state index contributed by atoms with van der Waals surface area (Å²) in [6.07, 6.45) is -13.7. The summed E-state index contributed by atoms with van der Waals surface area (Å²) in [4.78, 5) is 24.4. The van der Waals surface area contributed by atoms with E-state index in [0.717, 1.165) is 13.8 Å². The molecule has 2 amide bonds. The van der Waals surface area contributed by atoms with Crippen molar-refractivity contribution in [2.24, 2.45) is 0 Å². The van der Waals surface area contributed by atoms with Crippen molar-refractivity contribution >= 4 is 23.4 Å². The first-order chi connectivity index (χ1) is 15.5. The van der Waals surface area contributed by atoms with Gasteiger partial charge in [0.25, 0.3) is 5.91 Å². The van der Waals surface area contributed by atoms with E-state index in [1.807, 2.05) is 0 Å². The molecule has 0 aliphatic rings. The smallest absolute Gasteiger partial charge is 0.435 e. The fourth-order valence-corrected chi connectivity index (χ4v) is 3.24. The van der Waals surface area contributed by atoms with Crippen LogP contribution in [0.25, 0.3) is 0 Å². The highest BCUT2D eigenvalue weighted by Crippen LogP contribution is 2.53. The Hall–Kier alpha value is -3.31. The lowest BCUT2D eigenvalue weighted by Crippen LogP contribution is -2.50. The lowest BCUT2D eigenvalue weighted by Gasteiger charge is -2.31. The summed E-state index contributed by atoms with van der Waals surface area (Å²) < 4.78 is 97.8. The van der Waals surface area contributed by atoms with Crippen LogP contribution in [-0.2, 0) is 10.4 Å². The fraction of sp³-hybridized carbons (Fsp3) is 0.364. The standard InChI is InChI=1S/C22H21F7N2O3/c1-11(2)34-19(33)31-16-7-5-6-15(10-16)30-18(32)17-12(3)8-14(9-13(17)4)20(23,21(24,25)26)22(27,28)29/h5-11H,1-4H3,(H,30,32)(H,31,33). The van der Waals surface area contributed by atoms with Crippen LogP contribution >= 0.6 is 0 Å². The number of hydrogen-bond donors (Lipinski definition) is 2. The lowest BCUT2D eigenvalue weighted by molar-refractivity contribution is -0.348. The number of rotatable bonds is 5. The number of ether oxygens (including phenoxy) is 1. The number of alkyl halides is 7. The Morgan fingerprint density at radius 3 is 1.74 bits per heavy atom. The molecular weight excluding hydrogens is 473 g/mol. The summed E-state index contributed by atoms with van der Waals surface area (Å²) in [6, 6.07) is 6.48. The van der Waals surface area contributed by atoms with Gasteiger partial charge >= 0.3 is 24.1 Å². The molecule has 0 saturated heterocycles. The van der Waals surface area contributed by atoms with Crippen LogP contribution < -0.4 is 10.6 Å². The fourth-order valence-electron chi connectivity index (χ4n) is 3.24. The van der Waals surface area contributed by atoms with Crippen LogP contribution in [0.5, 0.6) is 0 Å². The monoisotopic (exact) mass is 494 g/mol. The van der Waals surface area contributed by atoms with Crippen LogP contribution in [-0.4, -0.2) is 30.5 Å². The molecule has 0 saturated carbocycles. The first-order valence-corrected chi connectivity index (χ1v) is 9.80. The van der Waals surface area contributed by atoms with E-state index in [9.17, 15) is 40.3 Å². The zero-order chi connectivity index (χ0) is 26.1. The van der Waals surface area contributed by atoms with E-state index in [2.05, 4.69) is 10.6 Å². The molecule has 0 aliphatic carbocycles. The van der Waals surface area contributed by atoms with Crippen molar-refractivity contribution in [3.8, 4) is 0 Å². The molecule has 5 nitrogen and oxygen atoms in total. The largest absolute Gasteiger partial charge is 0.447 e. The quantitative estimate of drug-likeness (QED) is 0.449. The van der Waals surface area contributed by atoms with Gasteiger partial charge in [0.1, 0.15) is 0 Å². The minimum Gasteiger partial charge on any atom is -0.447 e. The predicted molar refractivity (Wildman–Crippen MR) is 110 cm³/mol. The van der Waals surface area contributed by atoms with Gasteiger partial charge in [0.2, 0.25) is 0 Å². The Balaban J connectivity index is 2.36. The topological polar surface area (TPSA) is 67.4 Å². The molecule has 0 spiro atoms. The summed E-state index contributed by atoms with van der Waals surface area (Å²) in [7, 11) is 0. The van der Waals surface area contributed by atoms with Crippen molar-refractivity contribution in [1.29, 1.82) is 0 Å². The van der Waals surface area contributed by atoms with E-state index < -0.39 is 35.6 Å². The minimum atomic E-state index is -6.27. The van der Waals surface area contributed by atoms with Crippen LogP contribution in [0.4, 0.5) is 46.9 Å². The van der Waals surface area contributed by atoms with E-state index in [1.165, 1.54) is 24.3 Å². The molecule has 2 aromatic rings. The van der Waals surface area contributed by atoms with Crippen molar-refractivity contribution < 1.29 is 45.1 Å². The average Bonchev–Trinajstić information content (AvgIpc) is 2.64. The van der Waals surface area contributed by atoms with Crippen molar-refractivity contribution in [3.05, 3.63) is 58.7 Å². The number of aryl methyl sites for hydroxylation is 2. The number of benzene rings is 2. The number of carbonyl (C=O) groups excluding carboxylic acids is 2. The Bertz CT molecular complexity index is 1040. The third-order valence-electron chi connectivity index (χ3n) is 4.65. The zero-order valence-electron chi connectivity index (χ0n) is 18.4. The molecule has 0 unspecified atom stereocenters. The molecule has 0 fully saturated rings. The van der Waals surface area contributed by atoms with Gasteiger partial charge < -0.3 is 10.1 Å². The van der Waals surface area contributed by atoms with E-state index >= 15 is 0 Å². The molecule has 0 bridgehead atoms. The molecule has 186 valence electrons. The molecule has 0 aromatic heterocycles. The maximum atomic E-state index is 14.4. The Morgan fingerprint density at radius 1 is 0.824 bits per heavy atom. The normalized spacial score (nSPS) is 12.5. The van der Waals surface area contributed by atoms with Gasteiger partial charge in [-0.05, 0) is 57.0 Å².